The van der Waals surface area contributed by atoms with Crippen LogP contribution in [-0.2, 0) is 7.05 Å². The molecule has 0 aliphatic rings. The minimum Gasteiger partial charge on any atom is -0.264 e. The molecule has 2 heterocycles. The van der Waals surface area contributed by atoms with Crippen LogP contribution >= 0.6 is 0 Å². The topological polar surface area (TPSA) is 16.8 Å². The van der Waals surface area contributed by atoms with Crippen molar-refractivity contribution in [3.8, 4) is 11.3 Å². The molecule has 0 saturated heterocycles. The maximum atomic E-state index is 8.41. The molecule has 1 aromatic carbocycles. The average Bonchev–Trinajstić information content (AvgIpc) is 2.47. The number of rotatable bonds is 1. The highest BCUT2D eigenvalue weighted by atomic mass is 14.9. The first-order valence-electron chi connectivity index (χ1n) is 7.31. The van der Waals surface area contributed by atoms with Gasteiger partial charge in [-0.25, -0.2) is 0 Å². The first-order chi connectivity index (χ1) is 10.0. The summed E-state index contributed by atoms with van der Waals surface area (Å²) in [5.74, 6) is 0. The highest BCUT2D eigenvalue weighted by molar-refractivity contribution is 5.94. The highest BCUT2D eigenvalue weighted by Crippen LogP contribution is 2.28. The van der Waals surface area contributed by atoms with E-state index in [1.807, 2.05) is 32.4 Å². The summed E-state index contributed by atoms with van der Waals surface area (Å²) in [4.78, 5) is 4.19. The quantitative estimate of drug-likeness (QED) is 0.613. The van der Waals surface area contributed by atoms with Crippen molar-refractivity contribution in [2.45, 2.75) is 20.8 Å². The van der Waals surface area contributed by atoms with Crippen LogP contribution in [0.5, 0.6) is 0 Å². The van der Waals surface area contributed by atoms with Crippen LogP contribution in [0.15, 0.2) is 42.7 Å². The van der Waals surface area contributed by atoms with Crippen LogP contribution in [0.1, 0.15) is 18.2 Å². The van der Waals surface area contributed by atoms with Gasteiger partial charge in [0, 0.05) is 25.4 Å². The molecule has 0 N–H and O–H groups in total. The van der Waals surface area contributed by atoms with Crippen molar-refractivity contribution in [1.82, 2.24) is 4.98 Å². The molecular formula is C18H19N2+. The van der Waals surface area contributed by atoms with Gasteiger partial charge in [-0.05, 0) is 36.9 Å². The fraction of sp³-hybridized carbons (Fsp3) is 0.222. The SMILES string of the molecule is [2H]c1c(C)[n+](C)c(-c2ccncc2C)c2ccc(C)cc12. The van der Waals surface area contributed by atoms with Crippen molar-refractivity contribution in [2.75, 3.05) is 0 Å². The number of nitrogens with zero attached hydrogens (tertiary/aromatic N) is 2. The molecule has 0 radical (unpaired) electrons. The van der Waals surface area contributed by atoms with E-state index in [1.165, 1.54) is 11.1 Å². The molecule has 0 saturated carbocycles. The molecule has 2 nitrogen and oxygen atoms in total. The number of hydrogen-bond donors (Lipinski definition) is 0. The van der Waals surface area contributed by atoms with Crippen LogP contribution in [0.3, 0.4) is 0 Å². The van der Waals surface area contributed by atoms with E-state index in [0.29, 0.717) is 6.04 Å². The number of fused-ring (bicyclic) bond motifs is 1. The molecule has 3 rings (SSSR count). The van der Waals surface area contributed by atoms with Gasteiger partial charge in [0.05, 0.1) is 12.3 Å². The van der Waals surface area contributed by atoms with E-state index in [2.05, 4.69) is 41.6 Å². The first-order valence-corrected chi connectivity index (χ1v) is 6.81. The van der Waals surface area contributed by atoms with E-state index in [0.717, 1.165) is 27.7 Å². The molecule has 0 aliphatic heterocycles. The standard InChI is InChI=1S/C18H19N2/c1-12-5-6-17-15(9-12)10-14(3)20(4)18(17)16-7-8-19-11-13(16)2/h5-11H,1-4H3/q+1/i10D. The van der Waals surface area contributed by atoms with Crippen molar-refractivity contribution in [2.24, 2.45) is 7.05 Å². The van der Waals surface area contributed by atoms with Gasteiger partial charge in [-0.2, -0.15) is 4.57 Å². The Balaban J connectivity index is 2.51. The Morgan fingerprint density at radius 1 is 1.15 bits per heavy atom. The minimum atomic E-state index is 0.603. The van der Waals surface area contributed by atoms with E-state index >= 15 is 0 Å². The Labute approximate surface area is 121 Å². The fourth-order valence-corrected chi connectivity index (χ4v) is 2.66. The van der Waals surface area contributed by atoms with E-state index in [9.17, 15) is 0 Å². The molecular weight excluding hydrogens is 244 g/mol. The molecule has 0 atom stereocenters. The summed E-state index contributed by atoms with van der Waals surface area (Å²) in [5.41, 5.74) is 5.62. The summed E-state index contributed by atoms with van der Waals surface area (Å²) in [6.45, 7) is 6.15. The van der Waals surface area contributed by atoms with Crippen molar-refractivity contribution in [3.05, 3.63) is 59.5 Å². The van der Waals surface area contributed by atoms with Gasteiger partial charge in [-0.1, -0.05) is 17.7 Å². The van der Waals surface area contributed by atoms with Gasteiger partial charge in [0.15, 0.2) is 5.69 Å². The molecule has 2 aromatic heterocycles. The van der Waals surface area contributed by atoms with Crippen LogP contribution in [0.2, 0.25) is 0 Å². The lowest BCUT2D eigenvalue weighted by molar-refractivity contribution is -0.665. The zero-order valence-electron chi connectivity index (χ0n) is 13.4. The van der Waals surface area contributed by atoms with Crippen LogP contribution in [0.25, 0.3) is 22.0 Å². The molecule has 0 amide bonds. The Kier molecular flexibility index (Phi) is 2.73. The molecule has 3 aromatic rings. The maximum Gasteiger partial charge on any atom is 0.220 e. The van der Waals surface area contributed by atoms with Gasteiger partial charge >= 0.3 is 0 Å². The van der Waals surface area contributed by atoms with E-state index < -0.39 is 0 Å². The second-order valence-corrected chi connectivity index (χ2v) is 5.36. The molecule has 0 aliphatic carbocycles. The molecule has 2 heteroatoms. The zero-order valence-corrected chi connectivity index (χ0v) is 12.4. The number of pyridine rings is 2. The lowest BCUT2D eigenvalue weighted by Gasteiger charge is -2.10. The lowest BCUT2D eigenvalue weighted by atomic mass is 9.99. The number of hydrogen-bond acceptors (Lipinski definition) is 1. The maximum absolute atomic E-state index is 8.41. The van der Waals surface area contributed by atoms with Crippen molar-refractivity contribution in [3.63, 3.8) is 0 Å². The molecule has 100 valence electrons. The Hall–Kier alpha value is -2.22. The Morgan fingerprint density at radius 2 is 1.95 bits per heavy atom. The normalized spacial score (nSPS) is 11.7. The highest BCUT2D eigenvalue weighted by Gasteiger charge is 2.19. The smallest absolute Gasteiger partial charge is 0.220 e. The third-order valence-corrected chi connectivity index (χ3v) is 3.86. The molecule has 0 spiro atoms. The summed E-state index contributed by atoms with van der Waals surface area (Å²) in [6, 6.07) is 8.98. The van der Waals surface area contributed by atoms with Gasteiger partial charge in [-0.3, -0.25) is 4.98 Å². The van der Waals surface area contributed by atoms with Gasteiger partial charge < -0.3 is 0 Å². The number of benzene rings is 1. The monoisotopic (exact) mass is 264 g/mol. The summed E-state index contributed by atoms with van der Waals surface area (Å²) in [5, 5.41) is 2.13. The fourth-order valence-electron chi connectivity index (χ4n) is 2.66. The van der Waals surface area contributed by atoms with Gasteiger partial charge in [0.1, 0.15) is 7.05 Å². The number of aromatic nitrogens is 2. The van der Waals surface area contributed by atoms with Crippen molar-refractivity contribution >= 4 is 10.8 Å². The predicted octanol–water partition coefficient (Wildman–Crippen LogP) is 3.65. The first kappa shape index (κ1) is 11.6. The molecule has 0 fully saturated rings. The van der Waals surface area contributed by atoms with Crippen LogP contribution in [0, 0.1) is 20.8 Å². The summed E-state index contributed by atoms with van der Waals surface area (Å²) in [6.07, 6.45) is 3.71. The van der Waals surface area contributed by atoms with Gasteiger partial charge in [-0.15, -0.1) is 0 Å². The summed E-state index contributed by atoms with van der Waals surface area (Å²) in [7, 11) is 2.03. The molecule has 0 unspecified atom stereocenters. The largest absolute Gasteiger partial charge is 0.264 e. The second-order valence-electron chi connectivity index (χ2n) is 5.36. The van der Waals surface area contributed by atoms with E-state index in [-0.39, 0.29) is 0 Å². The third-order valence-electron chi connectivity index (χ3n) is 3.86. The number of aryl methyl sites for hydroxylation is 2. The van der Waals surface area contributed by atoms with Crippen LogP contribution in [-0.4, -0.2) is 4.98 Å². The average molecular weight is 264 g/mol. The summed E-state index contributed by atoms with van der Waals surface area (Å²) < 4.78 is 10.5. The van der Waals surface area contributed by atoms with Gasteiger partial charge in [0.25, 0.3) is 0 Å². The Morgan fingerprint density at radius 3 is 2.70 bits per heavy atom. The molecule has 20 heavy (non-hydrogen) atoms. The second kappa shape index (κ2) is 4.71. The van der Waals surface area contributed by atoms with Crippen molar-refractivity contribution in [1.29, 1.82) is 0 Å². The van der Waals surface area contributed by atoms with Crippen molar-refractivity contribution < 1.29 is 5.94 Å². The summed E-state index contributed by atoms with van der Waals surface area (Å²) >= 11 is 0. The van der Waals surface area contributed by atoms with E-state index in [4.69, 9.17) is 1.37 Å². The van der Waals surface area contributed by atoms with E-state index in [1.54, 1.807) is 0 Å². The van der Waals surface area contributed by atoms with Crippen LogP contribution < -0.4 is 4.57 Å². The predicted molar refractivity (Wildman–Crippen MR) is 82.6 cm³/mol. The molecule has 0 bridgehead atoms. The minimum absolute atomic E-state index is 0.603. The van der Waals surface area contributed by atoms with Crippen LogP contribution in [0.4, 0.5) is 0 Å². The lowest BCUT2D eigenvalue weighted by Crippen LogP contribution is -2.35. The Bertz CT molecular complexity index is 853. The third kappa shape index (κ3) is 1.97. The zero-order chi connectivity index (χ0) is 15.1. The van der Waals surface area contributed by atoms with Gasteiger partial charge in [0.2, 0.25) is 5.69 Å².